The van der Waals surface area contributed by atoms with Crippen LogP contribution in [-0.4, -0.2) is 62.0 Å². The molecule has 2 N–H and O–H groups in total. The zero-order valence-corrected chi connectivity index (χ0v) is 21.7. The van der Waals surface area contributed by atoms with Crippen LogP contribution in [0.3, 0.4) is 0 Å². The van der Waals surface area contributed by atoms with E-state index in [9.17, 15) is 4.79 Å². The fourth-order valence-electron chi connectivity index (χ4n) is 3.43. The molecule has 2 heterocycles. The molecule has 170 valence electrons. The summed E-state index contributed by atoms with van der Waals surface area (Å²) in [6, 6.07) is 10.3. The van der Waals surface area contributed by atoms with Crippen molar-refractivity contribution in [3.05, 3.63) is 47.0 Å². The van der Waals surface area contributed by atoms with E-state index in [1.807, 2.05) is 47.5 Å². The van der Waals surface area contributed by atoms with Crippen molar-refractivity contribution in [2.24, 2.45) is 10.9 Å². The van der Waals surface area contributed by atoms with Gasteiger partial charge in [0.05, 0.1) is 12.2 Å². The van der Waals surface area contributed by atoms with Crippen molar-refractivity contribution in [3.63, 3.8) is 0 Å². The number of rotatable bonds is 9. The van der Waals surface area contributed by atoms with E-state index in [4.69, 9.17) is 0 Å². The first-order chi connectivity index (χ1) is 14.5. The lowest BCUT2D eigenvalue weighted by Gasteiger charge is -2.18. The molecule has 2 aromatic rings. The van der Waals surface area contributed by atoms with Gasteiger partial charge in [-0.05, 0) is 18.9 Å². The van der Waals surface area contributed by atoms with E-state index in [0.717, 1.165) is 49.4 Å². The molecule has 31 heavy (non-hydrogen) atoms. The maximum Gasteiger partial charge on any atom is 0.223 e. The van der Waals surface area contributed by atoms with E-state index in [0.29, 0.717) is 18.9 Å². The zero-order chi connectivity index (χ0) is 21.3. The van der Waals surface area contributed by atoms with Crippen molar-refractivity contribution >= 4 is 52.3 Å². The quantitative estimate of drug-likeness (QED) is 0.283. The Morgan fingerprint density at radius 3 is 2.74 bits per heavy atom. The molecule has 0 radical (unpaired) electrons. The molecular weight excluding hydrogens is 523 g/mol. The first-order valence-corrected chi connectivity index (χ1v) is 11.4. The van der Waals surface area contributed by atoms with E-state index in [2.05, 4.69) is 39.7 Å². The van der Waals surface area contributed by atoms with Crippen LogP contribution in [0.25, 0.3) is 0 Å². The molecule has 1 saturated heterocycles. The van der Waals surface area contributed by atoms with Crippen molar-refractivity contribution in [1.82, 2.24) is 20.5 Å². The maximum absolute atomic E-state index is 12.4. The second kappa shape index (κ2) is 12.8. The first kappa shape index (κ1) is 25.4. The van der Waals surface area contributed by atoms with E-state index in [1.165, 1.54) is 5.56 Å². The predicted molar refractivity (Wildman–Crippen MR) is 140 cm³/mol. The van der Waals surface area contributed by atoms with Crippen LogP contribution < -0.4 is 15.5 Å². The van der Waals surface area contributed by atoms with E-state index in [-0.39, 0.29) is 29.9 Å². The van der Waals surface area contributed by atoms with Gasteiger partial charge in [-0.2, -0.15) is 0 Å². The molecule has 1 fully saturated rings. The summed E-state index contributed by atoms with van der Waals surface area (Å²) in [5, 5.41) is 9.71. The summed E-state index contributed by atoms with van der Waals surface area (Å²) in [6.45, 7) is 5.70. The Kier molecular flexibility index (Phi) is 10.5. The molecule has 0 spiro atoms. The summed E-state index contributed by atoms with van der Waals surface area (Å²) in [6.07, 6.45) is 1.50. The van der Waals surface area contributed by atoms with Gasteiger partial charge in [-0.1, -0.05) is 30.3 Å². The third-order valence-corrected chi connectivity index (χ3v) is 6.09. The van der Waals surface area contributed by atoms with Gasteiger partial charge in [0.15, 0.2) is 11.1 Å². The number of guanidine groups is 1. The smallest absolute Gasteiger partial charge is 0.223 e. The normalized spacial score (nSPS) is 16.2. The monoisotopic (exact) mass is 556 g/mol. The van der Waals surface area contributed by atoms with Crippen LogP contribution in [-0.2, 0) is 17.8 Å². The van der Waals surface area contributed by atoms with Crippen LogP contribution in [0.1, 0.15) is 24.6 Å². The summed E-state index contributed by atoms with van der Waals surface area (Å²) in [5.41, 5.74) is 2.23. The number of halogens is 1. The molecule has 9 heteroatoms. The second-order valence-corrected chi connectivity index (χ2v) is 8.57. The van der Waals surface area contributed by atoms with Gasteiger partial charge in [0, 0.05) is 58.0 Å². The average Bonchev–Trinajstić information content (AvgIpc) is 3.36. The van der Waals surface area contributed by atoms with Gasteiger partial charge >= 0.3 is 0 Å². The van der Waals surface area contributed by atoms with E-state index < -0.39 is 0 Å². The van der Waals surface area contributed by atoms with Gasteiger partial charge in [-0.25, -0.2) is 9.98 Å². The van der Waals surface area contributed by atoms with Gasteiger partial charge in [-0.3, -0.25) is 4.79 Å². The van der Waals surface area contributed by atoms with Crippen LogP contribution in [0.5, 0.6) is 0 Å². The maximum atomic E-state index is 12.4. The third kappa shape index (κ3) is 7.95. The minimum atomic E-state index is 0. The van der Waals surface area contributed by atoms with Gasteiger partial charge in [0.2, 0.25) is 5.91 Å². The highest BCUT2D eigenvalue weighted by molar-refractivity contribution is 14.0. The van der Waals surface area contributed by atoms with Gasteiger partial charge in [-0.15, -0.1) is 35.3 Å². The highest BCUT2D eigenvalue weighted by Gasteiger charge is 2.29. The lowest BCUT2D eigenvalue weighted by molar-refractivity contribution is -0.127. The molecule has 0 saturated carbocycles. The van der Waals surface area contributed by atoms with Crippen LogP contribution >= 0.6 is 35.3 Å². The Labute approximate surface area is 206 Å². The van der Waals surface area contributed by atoms with Crippen LogP contribution in [0.2, 0.25) is 0 Å². The Morgan fingerprint density at radius 1 is 1.29 bits per heavy atom. The Morgan fingerprint density at radius 2 is 2.06 bits per heavy atom. The lowest BCUT2D eigenvalue weighted by atomic mass is 10.1. The molecule has 1 aromatic heterocycles. The summed E-state index contributed by atoms with van der Waals surface area (Å²) in [5.74, 6) is 1.32. The number of carbonyl (C=O) groups is 1. The fourth-order valence-corrected chi connectivity index (χ4v) is 4.18. The average molecular weight is 557 g/mol. The summed E-state index contributed by atoms with van der Waals surface area (Å²) >= 11 is 1.62. The minimum Gasteiger partial charge on any atom is -0.357 e. The van der Waals surface area contributed by atoms with Crippen molar-refractivity contribution in [2.45, 2.75) is 26.3 Å². The molecule has 1 unspecified atom stereocenters. The number of carbonyl (C=O) groups excluding carboxylic acids is 1. The van der Waals surface area contributed by atoms with Crippen molar-refractivity contribution in [2.75, 3.05) is 45.2 Å². The molecular formula is C22H33IN6OS. The molecule has 3 rings (SSSR count). The molecule has 1 atom stereocenters. The van der Waals surface area contributed by atoms with Gasteiger partial charge in [0.1, 0.15) is 0 Å². The Balaban J connectivity index is 0.00000341. The molecule has 0 bridgehead atoms. The van der Waals surface area contributed by atoms with Crippen molar-refractivity contribution in [3.8, 4) is 0 Å². The zero-order valence-electron chi connectivity index (χ0n) is 18.5. The molecule has 0 aliphatic carbocycles. The van der Waals surface area contributed by atoms with Gasteiger partial charge < -0.3 is 20.4 Å². The largest absolute Gasteiger partial charge is 0.357 e. The van der Waals surface area contributed by atoms with Crippen molar-refractivity contribution in [1.29, 1.82) is 0 Å². The first-order valence-electron chi connectivity index (χ1n) is 10.5. The lowest BCUT2D eigenvalue weighted by Crippen LogP contribution is -2.40. The molecule has 1 aliphatic rings. The summed E-state index contributed by atoms with van der Waals surface area (Å²) in [7, 11) is 3.98. The molecule has 1 aromatic carbocycles. The molecule has 1 aliphatic heterocycles. The molecule has 1 amide bonds. The number of hydrogen-bond donors (Lipinski definition) is 2. The highest BCUT2D eigenvalue weighted by atomic mass is 127. The third-order valence-electron chi connectivity index (χ3n) is 5.03. The number of hydrogen-bond acceptors (Lipinski definition) is 5. The summed E-state index contributed by atoms with van der Waals surface area (Å²) < 4.78 is 0. The number of nitrogens with zero attached hydrogens (tertiary/aromatic N) is 4. The van der Waals surface area contributed by atoms with E-state index >= 15 is 0 Å². The Bertz CT molecular complexity index is 842. The van der Waals surface area contributed by atoms with Crippen LogP contribution in [0.4, 0.5) is 5.13 Å². The standard InChI is InChI=1S/C22H32N6OS.HI/c1-4-23-21(25-14-19-16-30-22(26-19)27(2)3)24-13-18-12-20(29)28(15-18)11-10-17-8-6-5-7-9-17;/h5-9,16,18H,4,10-15H2,1-3H3,(H2,23,24,25);1H. The second-order valence-electron chi connectivity index (χ2n) is 7.74. The number of anilines is 1. The van der Waals surface area contributed by atoms with E-state index in [1.54, 1.807) is 11.3 Å². The van der Waals surface area contributed by atoms with Crippen LogP contribution in [0.15, 0.2) is 40.7 Å². The number of nitrogens with one attached hydrogen (secondary N) is 2. The number of aromatic nitrogens is 1. The van der Waals surface area contributed by atoms with Crippen LogP contribution in [0, 0.1) is 5.92 Å². The minimum absolute atomic E-state index is 0. The molecule has 7 nitrogen and oxygen atoms in total. The SMILES string of the molecule is CCNC(=NCc1csc(N(C)C)n1)NCC1CC(=O)N(CCc2ccccc2)C1.I. The number of thiazole rings is 1. The highest BCUT2D eigenvalue weighted by Crippen LogP contribution is 2.19. The predicted octanol–water partition coefficient (Wildman–Crippen LogP) is 2.97. The number of amides is 1. The number of benzene rings is 1. The Hall–Kier alpha value is -1.88. The fraction of sp³-hybridized carbons (Fsp3) is 0.500. The van der Waals surface area contributed by atoms with Crippen molar-refractivity contribution < 1.29 is 4.79 Å². The topological polar surface area (TPSA) is 72.9 Å². The van der Waals surface area contributed by atoms with Gasteiger partial charge in [0.25, 0.3) is 0 Å². The summed E-state index contributed by atoms with van der Waals surface area (Å²) in [4.78, 5) is 25.6. The number of aliphatic imine (C=N–C) groups is 1. The number of likely N-dealkylation sites (tertiary alicyclic amines) is 1.